The average Bonchev–Trinajstić information content (AvgIpc) is 3.58. The summed E-state index contributed by atoms with van der Waals surface area (Å²) < 4.78 is 12.6. The standard InChI is InChI=1S/C44H45ClN4O4/c1-28-34(8-5-10-37(28)38-11-6-9-36(29(38)2)32-13-15-39-33(19-32)14-16-41(39)49(3)4)27-53-43-21-42(52-26-31-18-30(22-46)23-48-24-31)35(20-40(43)45)25-47-17-7-12-44(50)51/h5-6,8-11,13,15,18-21,23-24,41,47H,7,12,14,16-17,25-27H2,1-4H3,(H,50,51). The molecule has 5 aromatic rings. The molecule has 0 fully saturated rings. The van der Waals surface area contributed by atoms with E-state index in [4.69, 9.17) is 26.2 Å². The van der Waals surface area contributed by atoms with E-state index in [0.717, 1.165) is 40.7 Å². The van der Waals surface area contributed by atoms with Crippen LogP contribution >= 0.6 is 11.6 Å². The number of aryl methyl sites for hydroxylation is 1. The number of carboxylic acid groups (broad SMARTS) is 1. The first kappa shape index (κ1) is 37.6. The summed E-state index contributed by atoms with van der Waals surface area (Å²) in [5, 5.41) is 22.0. The van der Waals surface area contributed by atoms with Gasteiger partial charge in [-0.1, -0.05) is 66.2 Å². The van der Waals surface area contributed by atoms with Crippen LogP contribution in [-0.2, 0) is 31.0 Å². The Hall–Kier alpha value is -5.20. The Balaban J connectivity index is 1.22. The quantitative estimate of drug-likeness (QED) is 0.103. The van der Waals surface area contributed by atoms with Gasteiger partial charge in [-0.3, -0.25) is 9.78 Å². The first-order valence-electron chi connectivity index (χ1n) is 18.0. The Kier molecular flexibility index (Phi) is 12.1. The van der Waals surface area contributed by atoms with Gasteiger partial charge >= 0.3 is 5.97 Å². The Morgan fingerprint density at radius 1 is 0.943 bits per heavy atom. The van der Waals surface area contributed by atoms with Crippen molar-refractivity contribution in [3.8, 4) is 39.8 Å². The summed E-state index contributed by atoms with van der Waals surface area (Å²) in [6.07, 6.45) is 6.02. The van der Waals surface area contributed by atoms with E-state index >= 15 is 0 Å². The Bertz CT molecular complexity index is 2160. The van der Waals surface area contributed by atoms with Crippen LogP contribution in [0.3, 0.4) is 0 Å². The molecule has 1 heterocycles. The van der Waals surface area contributed by atoms with Gasteiger partial charge in [0.05, 0.1) is 10.6 Å². The third-order valence-electron chi connectivity index (χ3n) is 10.1. The van der Waals surface area contributed by atoms with Crippen LogP contribution in [-0.4, -0.2) is 41.6 Å². The Labute approximate surface area is 317 Å². The maximum Gasteiger partial charge on any atom is 0.303 e. The third-order valence-corrected chi connectivity index (χ3v) is 10.4. The van der Waals surface area contributed by atoms with Crippen molar-refractivity contribution in [1.29, 1.82) is 5.26 Å². The maximum absolute atomic E-state index is 10.9. The molecular weight excluding hydrogens is 684 g/mol. The highest BCUT2D eigenvalue weighted by Gasteiger charge is 2.24. The van der Waals surface area contributed by atoms with Crippen LogP contribution < -0.4 is 14.8 Å². The number of hydrogen-bond acceptors (Lipinski definition) is 7. The van der Waals surface area contributed by atoms with Crippen LogP contribution in [0.25, 0.3) is 22.3 Å². The lowest BCUT2D eigenvalue weighted by atomic mass is 9.89. The number of fused-ring (bicyclic) bond motifs is 1. The second kappa shape index (κ2) is 17.1. The molecular formula is C44H45ClN4O4. The van der Waals surface area contributed by atoms with Crippen molar-refractivity contribution in [3.05, 3.63) is 135 Å². The lowest BCUT2D eigenvalue weighted by molar-refractivity contribution is -0.137. The van der Waals surface area contributed by atoms with Crippen molar-refractivity contribution < 1.29 is 19.4 Å². The minimum absolute atomic E-state index is 0.0873. The number of halogens is 1. The van der Waals surface area contributed by atoms with E-state index in [1.165, 1.54) is 39.6 Å². The van der Waals surface area contributed by atoms with Crippen molar-refractivity contribution in [3.63, 3.8) is 0 Å². The molecule has 0 saturated heterocycles. The molecule has 4 aromatic carbocycles. The minimum Gasteiger partial charge on any atom is -0.488 e. The zero-order valence-electron chi connectivity index (χ0n) is 30.7. The molecule has 6 rings (SSSR count). The van der Waals surface area contributed by atoms with E-state index in [9.17, 15) is 10.1 Å². The molecule has 0 saturated carbocycles. The van der Waals surface area contributed by atoms with Gasteiger partial charge in [0.2, 0.25) is 0 Å². The molecule has 1 atom stereocenters. The second-order valence-electron chi connectivity index (χ2n) is 13.8. The first-order chi connectivity index (χ1) is 25.6. The zero-order chi connectivity index (χ0) is 37.5. The summed E-state index contributed by atoms with van der Waals surface area (Å²) in [5.41, 5.74) is 13.2. The van der Waals surface area contributed by atoms with Crippen molar-refractivity contribution in [2.45, 2.75) is 65.3 Å². The fraction of sp³-hybridized carbons (Fsp3) is 0.295. The van der Waals surface area contributed by atoms with Gasteiger partial charge in [0.1, 0.15) is 30.8 Å². The summed E-state index contributed by atoms with van der Waals surface area (Å²) >= 11 is 6.79. The number of aromatic nitrogens is 1. The number of hydrogen-bond donors (Lipinski definition) is 2. The van der Waals surface area contributed by atoms with Crippen molar-refractivity contribution in [2.24, 2.45) is 0 Å². The van der Waals surface area contributed by atoms with Crippen LogP contribution in [0.2, 0.25) is 5.02 Å². The second-order valence-corrected chi connectivity index (χ2v) is 14.2. The van der Waals surface area contributed by atoms with Crippen molar-refractivity contribution >= 4 is 17.6 Å². The summed E-state index contributed by atoms with van der Waals surface area (Å²) in [4.78, 5) is 17.4. The molecule has 8 nitrogen and oxygen atoms in total. The highest BCUT2D eigenvalue weighted by atomic mass is 35.5. The lowest BCUT2D eigenvalue weighted by Crippen LogP contribution is -2.17. The van der Waals surface area contributed by atoms with Crippen molar-refractivity contribution in [1.82, 2.24) is 15.2 Å². The Morgan fingerprint density at radius 3 is 2.47 bits per heavy atom. The molecule has 0 radical (unpaired) electrons. The molecule has 1 aromatic heterocycles. The topological polar surface area (TPSA) is 108 Å². The van der Waals surface area contributed by atoms with Crippen LogP contribution in [0, 0.1) is 25.2 Å². The van der Waals surface area contributed by atoms with Gasteiger partial charge in [-0.15, -0.1) is 0 Å². The predicted octanol–water partition coefficient (Wildman–Crippen LogP) is 9.22. The normalized spacial score (nSPS) is 13.5. The van der Waals surface area contributed by atoms with Gasteiger partial charge in [0, 0.05) is 48.6 Å². The number of nitrogens with zero attached hydrogens (tertiary/aromatic N) is 3. The lowest BCUT2D eigenvalue weighted by Gasteiger charge is -2.20. The summed E-state index contributed by atoms with van der Waals surface area (Å²) in [5.74, 6) is 0.224. The van der Waals surface area contributed by atoms with Gasteiger partial charge in [-0.05, 0) is 116 Å². The van der Waals surface area contributed by atoms with Crippen molar-refractivity contribution in [2.75, 3.05) is 20.6 Å². The number of benzene rings is 4. The van der Waals surface area contributed by atoms with Gasteiger partial charge in [0.15, 0.2) is 0 Å². The molecule has 272 valence electrons. The number of ether oxygens (including phenoxy) is 2. The molecule has 53 heavy (non-hydrogen) atoms. The molecule has 9 heteroatoms. The highest BCUT2D eigenvalue weighted by molar-refractivity contribution is 6.32. The van der Waals surface area contributed by atoms with Gasteiger partial charge in [-0.2, -0.15) is 5.26 Å². The van der Waals surface area contributed by atoms with Gasteiger partial charge < -0.3 is 24.8 Å². The fourth-order valence-corrected chi connectivity index (χ4v) is 7.40. The van der Waals surface area contributed by atoms with Gasteiger partial charge in [0.25, 0.3) is 0 Å². The molecule has 0 spiro atoms. The smallest absolute Gasteiger partial charge is 0.303 e. The summed E-state index contributed by atoms with van der Waals surface area (Å²) in [7, 11) is 4.32. The van der Waals surface area contributed by atoms with E-state index in [0.29, 0.717) is 54.2 Å². The molecule has 1 unspecified atom stereocenters. The Morgan fingerprint density at radius 2 is 1.70 bits per heavy atom. The average molecular weight is 729 g/mol. The number of nitrogens with one attached hydrogen (secondary N) is 1. The number of pyridine rings is 1. The van der Waals surface area contributed by atoms with Crippen LogP contribution in [0.1, 0.15) is 69.8 Å². The number of rotatable bonds is 15. The predicted molar refractivity (Wildman–Crippen MR) is 209 cm³/mol. The zero-order valence-corrected chi connectivity index (χ0v) is 31.5. The number of carboxylic acids is 1. The van der Waals surface area contributed by atoms with Gasteiger partial charge in [-0.25, -0.2) is 0 Å². The number of nitriles is 1. The molecule has 0 amide bonds. The monoisotopic (exact) mass is 728 g/mol. The number of carbonyl (C=O) groups is 1. The molecule has 0 aliphatic heterocycles. The highest BCUT2D eigenvalue weighted by Crippen LogP contribution is 2.40. The molecule has 1 aliphatic carbocycles. The van der Waals surface area contributed by atoms with E-state index in [-0.39, 0.29) is 13.0 Å². The number of aliphatic carboxylic acids is 1. The first-order valence-corrected chi connectivity index (χ1v) is 18.3. The largest absolute Gasteiger partial charge is 0.488 e. The SMILES string of the molecule is Cc1c(COc2cc(OCc3cncc(C#N)c3)c(CNCCCC(=O)O)cc2Cl)cccc1-c1cccc(-c2ccc3c(c2)CCC3N(C)C)c1C. The molecule has 2 N–H and O–H groups in total. The molecule has 1 aliphatic rings. The van der Waals surface area contributed by atoms with Crippen LogP contribution in [0.15, 0.2) is 85.2 Å². The van der Waals surface area contributed by atoms with E-state index in [2.05, 4.69) is 104 Å². The third kappa shape index (κ3) is 8.89. The summed E-state index contributed by atoms with van der Waals surface area (Å²) in [6, 6.07) is 27.8. The fourth-order valence-electron chi connectivity index (χ4n) is 7.16. The van der Waals surface area contributed by atoms with Crippen LogP contribution in [0.5, 0.6) is 11.5 Å². The minimum atomic E-state index is -0.827. The summed E-state index contributed by atoms with van der Waals surface area (Å²) in [6.45, 7) is 5.79. The van der Waals surface area contributed by atoms with Crippen LogP contribution in [0.4, 0.5) is 0 Å². The van der Waals surface area contributed by atoms with E-state index in [1.54, 1.807) is 18.3 Å². The maximum atomic E-state index is 10.9. The van der Waals surface area contributed by atoms with E-state index in [1.807, 2.05) is 6.07 Å². The van der Waals surface area contributed by atoms with E-state index < -0.39 is 5.97 Å². The molecule has 0 bridgehead atoms.